The van der Waals surface area contributed by atoms with Crippen LogP contribution in [0.1, 0.15) is 169 Å². The van der Waals surface area contributed by atoms with Crippen LogP contribution in [0.4, 0.5) is 0 Å². The second kappa shape index (κ2) is 27.3. The van der Waals surface area contributed by atoms with Gasteiger partial charge in [-0.1, -0.05) is 105 Å². The third-order valence-corrected chi connectivity index (χ3v) is 9.58. The summed E-state index contributed by atoms with van der Waals surface area (Å²) < 4.78 is 0. The summed E-state index contributed by atoms with van der Waals surface area (Å²) in [5.74, 6) is -1.80. The van der Waals surface area contributed by atoms with E-state index in [2.05, 4.69) is 20.8 Å². The number of carbonyl (C=O) groups excluding carboxylic acids is 6. The molecule has 0 saturated carbocycles. The zero-order chi connectivity index (χ0) is 36.4. The molecule has 3 amide bonds. The maximum Gasteiger partial charge on any atom is 0.229 e. The highest BCUT2D eigenvalue weighted by Crippen LogP contribution is 2.37. The molecule has 0 bridgehead atoms. The van der Waals surface area contributed by atoms with Crippen LogP contribution >= 0.6 is 0 Å². The average Bonchev–Trinajstić information content (AvgIpc) is 3.03. The van der Waals surface area contributed by atoms with Crippen LogP contribution in [0.5, 0.6) is 0 Å². The van der Waals surface area contributed by atoms with E-state index in [9.17, 15) is 28.8 Å². The summed E-state index contributed by atoms with van der Waals surface area (Å²) in [4.78, 5) is 83.4. The van der Waals surface area contributed by atoms with Crippen LogP contribution in [0, 0.1) is 5.41 Å². The summed E-state index contributed by atoms with van der Waals surface area (Å²) in [5, 5.41) is 0. The molecule has 0 radical (unpaired) electrons. The molecule has 278 valence electrons. The first kappa shape index (κ1) is 45.4. The van der Waals surface area contributed by atoms with Gasteiger partial charge in [-0.05, 0) is 31.1 Å². The number of hydrogen-bond donors (Lipinski definition) is 0. The number of nitrogens with zero attached hydrogens (tertiary/aromatic N) is 3. The number of carbonyl (C=O) groups is 6. The van der Waals surface area contributed by atoms with Gasteiger partial charge in [0.15, 0.2) is 0 Å². The Morgan fingerprint density at radius 1 is 0.396 bits per heavy atom. The standard InChI is InChI=1S/C39H71N3O6/c1-8-12-15-18-21-24-40(5)36(46)27-33(43)30-39(11-4,31-34(44)28-37(47)41(6)25-22-19-16-13-9-2)32-35(45)29-38(48)42(7)26-23-20-17-14-10-3/h8-32H2,1-7H3. The molecule has 0 aliphatic rings. The summed E-state index contributed by atoms with van der Waals surface area (Å²) in [6, 6.07) is 0. The van der Waals surface area contributed by atoms with Gasteiger partial charge in [0.1, 0.15) is 17.3 Å². The van der Waals surface area contributed by atoms with Crippen molar-refractivity contribution in [1.82, 2.24) is 14.7 Å². The first-order valence-electron chi connectivity index (χ1n) is 19.1. The van der Waals surface area contributed by atoms with E-state index in [4.69, 9.17) is 0 Å². The normalized spacial score (nSPS) is 11.3. The van der Waals surface area contributed by atoms with Crippen LogP contribution in [-0.4, -0.2) is 90.5 Å². The van der Waals surface area contributed by atoms with Gasteiger partial charge >= 0.3 is 0 Å². The van der Waals surface area contributed by atoms with Crippen molar-refractivity contribution in [2.75, 3.05) is 40.8 Å². The molecule has 0 aromatic rings. The van der Waals surface area contributed by atoms with E-state index in [0.29, 0.717) is 26.1 Å². The van der Waals surface area contributed by atoms with Gasteiger partial charge in [-0.3, -0.25) is 28.8 Å². The third-order valence-electron chi connectivity index (χ3n) is 9.58. The number of unbranched alkanes of at least 4 members (excludes halogenated alkanes) is 12. The monoisotopic (exact) mass is 678 g/mol. The van der Waals surface area contributed by atoms with Gasteiger partial charge in [0.05, 0.1) is 19.3 Å². The second-order valence-electron chi connectivity index (χ2n) is 14.2. The molecule has 0 fully saturated rings. The van der Waals surface area contributed by atoms with E-state index >= 15 is 0 Å². The van der Waals surface area contributed by atoms with Crippen molar-refractivity contribution < 1.29 is 28.8 Å². The quantitative estimate of drug-likeness (QED) is 0.0549. The topological polar surface area (TPSA) is 112 Å². The Morgan fingerprint density at radius 3 is 0.875 bits per heavy atom. The highest BCUT2D eigenvalue weighted by Gasteiger charge is 2.37. The second-order valence-corrected chi connectivity index (χ2v) is 14.2. The summed E-state index contributed by atoms with van der Waals surface area (Å²) in [5.41, 5.74) is -1.05. The highest BCUT2D eigenvalue weighted by molar-refractivity contribution is 6.02. The Kier molecular flexibility index (Phi) is 25.8. The van der Waals surface area contributed by atoms with Crippen LogP contribution in [0.3, 0.4) is 0 Å². The van der Waals surface area contributed by atoms with Crippen LogP contribution in [0.25, 0.3) is 0 Å². The Labute approximate surface area is 293 Å². The van der Waals surface area contributed by atoms with Crippen LogP contribution in [0.15, 0.2) is 0 Å². The van der Waals surface area contributed by atoms with Crippen molar-refractivity contribution in [3.63, 3.8) is 0 Å². The summed E-state index contributed by atoms with van der Waals surface area (Å²) in [6.07, 6.45) is 15.0. The van der Waals surface area contributed by atoms with Gasteiger partial charge in [-0.15, -0.1) is 0 Å². The molecule has 0 atom stereocenters. The van der Waals surface area contributed by atoms with E-state index in [1.54, 1.807) is 35.8 Å². The molecule has 0 N–H and O–H groups in total. The van der Waals surface area contributed by atoms with Crippen molar-refractivity contribution in [2.24, 2.45) is 5.41 Å². The fourth-order valence-electron chi connectivity index (χ4n) is 6.15. The largest absolute Gasteiger partial charge is 0.345 e. The molecule has 0 aliphatic carbocycles. The number of hydrogen-bond acceptors (Lipinski definition) is 6. The van der Waals surface area contributed by atoms with Crippen molar-refractivity contribution in [2.45, 2.75) is 169 Å². The Morgan fingerprint density at radius 2 is 0.646 bits per heavy atom. The Hall–Kier alpha value is -2.58. The Balaban J connectivity index is 5.53. The smallest absolute Gasteiger partial charge is 0.229 e. The predicted molar refractivity (Wildman–Crippen MR) is 195 cm³/mol. The number of rotatable bonds is 31. The van der Waals surface area contributed by atoms with E-state index < -0.39 is 5.41 Å². The molecular weight excluding hydrogens is 606 g/mol. The van der Waals surface area contributed by atoms with Crippen LogP contribution in [0.2, 0.25) is 0 Å². The zero-order valence-corrected chi connectivity index (χ0v) is 32.0. The van der Waals surface area contributed by atoms with E-state index in [-0.39, 0.29) is 73.6 Å². The third kappa shape index (κ3) is 21.4. The van der Waals surface area contributed by atoms with Crippen LogP contribution in [-0.2, 0) is 28.8 Å². The molecular formula is C39H71N3O6. The lowest BCUT2D eigenvalue weighted by Crippen LogP contribution is -2.36. The zero-order valence-electron chi connectivity index (χ0n) is 32.0. The number of Topliss-reactive ketones (excluding diaryl/α,β-unsaturated/α-hetero) is 3. The molecule has 9 nitrogen and oxygen atoms in total. The Bertz CT molecular complexity index is 848. The van der Waals surface area contributed by atoms with E-state index in [1.165, 1.54) is 0 Å². The molecule has 0 heterocycles. The van der Waals surface area contributed by atoms with Crippen molar-refractivity contribution in [3.8, 4) is 0 Å². The molecule has 0 rings (SSSR count). The molecule has 48 heavy (non-hydrogen) atoms. The molecule has 0 aliphatic heterocycles. The molecule has 0 aromatic heterocycles. The fourth-order valence-corrected chi connectivity index (χ4v) is 6.15. The van der Waals surface area contributed by atoms with Crippen LogP contribution < -0.4 is 0 Å². The van der Waals surface area contributed by atoms with Gasteiger partial charge in [0, 0.05) is 60.0 Å². The van der Waals surface area contributed by atoms with Crippen molar-refractivity contribution in [1.29, 1.82) is 0 Å². The predicted octanol–water partition coefficient (Wildman–Crippen LogP) is 7.72. The minimum absolute atomic E-state index is 0.125. The minimum Gasteiger partial charge on any atom is -0.345 e. The summed E-state index contributed by atoms with van der Waals surface area (Å²) in [7, 11) is 5.11. The fraction of sp³-hybridized carbons (Fsp3) is 0.846. The average molecular weight is 678 g/mol. The number of amides is 3. The molecule has 0 unspecified atom stereocenters. The number of ketones is 3. The first-order chi connectivity index (χ1) is 22.8. The van der Waals surface area contributed by atoms with Gasteiger partial charge in [0.25, 0.3) is 0 Å². The maximum atomic E-state index is 13.3. The minimum atomic E-state index is -1.05. The van der Waals surface area contributed by atoms with Crippen molar-refractivity contribution >= 4 is 35.1 Å². The van der Waals surface area contributed by atoms with Gasteiger partial charge < -0.3 is 14.7 Å². The SMILES string of the molecule is CCCCCCCN(C)C(=O)CC(=O)CC(CC)(CC(=O)CC(=O)N(C)CCCCCCC)CC(=O)CC(=O)N(C)CCCCCCC. The van der Waals surface area contributed by atoms with Gasteiger partial charge in [-0.25, -0.2) is 0 Å². The maximum absolute atomic E-state index is 13.3. The lowest BCUT2D eigenvalue weighted by molar-refractivity contribution is -0.135. The van der Waals surface area contributed by atoms with Gasteiger partial charge in [-0.2, -0.15) is 0 Å². The van der Waals surface area contributed by atoms with Crippen molar-refractivity contribution in [3.05, 3.63) is 0 Å². The summed E-state index contributed by atoms with van der Waals surface area (Å²) in [6.45, 7) is 10.0. The lowest BCUT2D eigenvalue weighted by atomic mass is 9.71. The highest BCUT2D eigenvalue weighted by atomic mass is 16.2. The molecule has 0 spiro atoms. The van der Waals surface area contributed by atoms with E-state index in [1.807, 2.05) is 6.92 Å². The molecule has 0 saturated heterocycles. The van der Waals surface area contributed by atoms with E-state index in [0.717, 1.165) is 96.3 Å². The molecule has 9 heteroatoms. The first-order valence-corrected chi connectivity index (χ1v) is 19.1. The lowest BCUT2D eigenvalue weighted by Gasteiger charge is -2.32. The van der Waals surface area contributed by atoms with Gasteiger partial charge in [0.2, 0.25) is 17.7 Å². The molecule has 0 aromatic carbocycles. The summed E-state index contributed by atoms with van der Waals surface area (Å²) >= 11 is 0.